The van der Waals surface area contributed by atoms with Crippen LogP contribution in [-0.2, 0) is 10.0 Å². The van der Waals surface area contributed by atoms with Gasteiger partial charge in [0.05, 0.1) is 24.1 Å². The van der Waals surface area contributed by atoms with E-state index in [1.54, 1.807) is 17.0 Å². The van der Waals surface area contributed by atoms with Crippen LogP contribution in [0.5, 0.6) is 0 Å². The minimum atomic E-state index is -5.30. The van der Waals surface area contributed by atoms with Crippen molar-refractivity contribution < 1.29 is 21.6 Å². The lowest BCUT2D eigenvalue weighted by molar-refractivity contribution is -0.0484. The van der Waals surface area contributed by atoms with Crippen LogP contribution in [-0.4, -0.2) is 50.8 Å². The Morgan fingerprint density at radius 1 is 1.29 bits per heavy atom. The summed E-state index contributed by atoms with van der Waals surface area (Å²) in [5.41, 5.74) is -3.30. The fourth-order valence-corrected chi connectivity index (χ4v) is 4.12. The number of fused-ring (bicyclic) bond motifs is 3. The highest BCUT2D eigenvalue weighted by Crippen LogP contribution is 2.34. The van der Waals surface area contributed by atoms with Crippen molar-refractivity contribution in [3.63, 3.8) is 0 Å². The Labute approximate surface area is 134 Å². The molecular formula is C13H12F3N5O2S. The largest absolute Gasteiger partial charge is 0.511 e. The summed E-state index contributed by atoms with van der Waals surface area (Å²) in [5, 5.41) is 0.794. The van der Waals surface area contributed by atoms with E-state index in [9.17, 15) is 21.6 Å². The van der Waals surface area contributed by atoms with Gasteiger partial charge in [-0.3, -0.25) is 0 Å². The summed E-state index contributed by atoms with van der Waals surface area (Å²) in [4.78, 5) is 11.4. The number of aromatic amines is 1. The van der Waals surface area contributed by atoms with Crippen molar-refractivity contribution in [2.24, 2.45) is 0 Å². The third-order valence-corrected chi connectivity index (χ3v) is 5.87. The number of hydrogen-bond donors (Lipinski definition) is 1. The number of nitrogens with one attached hydrogen (secondary N) is 1. The molecule has 1 aliphatic heterocycles. The standard InChI is InChI=1S/C13H12F3N5O2S/c14-13(15,16)24(22,23)20-4-2-8(6-20)21-7-19-10-5-18-12-9(11(10)21)1-3-17-12/h1,3,5,7-8H,2,4,6H2,(H,17,18). The van der Waals surface area contributed by atoms with E-state index < -0.39 is 21.6 Å². The molecule has 1 saturated heterocycles. The summed E-state index contributed by atoms with van der Waals surface area (Å²) in [6.07, 6.45) is 5.09. The molecule has 1 atom stereocenters. The Balaban J connectivity index is 1.74. The van der Waals surface area contributed by atoms with Gasteiger partial charge in [0.15, 0.2) is 0 Å². The molecule has 1 fully saturated rings. The van der Waals surface area contributed by atoms with E-state index in [4.69, 9.17) is 0 Å². The van der Waals surface area contributed by atoms with Crippen molar-refractivity contribution in [2.75, 3.05) is 13.1 Å². The van der Waals surface area contributed by atoms with Crippen LogP contribution in [0.25, 0.3) is 22.1 Å². The molecule has 24 heavy (non-hydrogen) atoms. The maximum absolute atomic E-state index is 12.7. The maximum atomic E-state index is 12.7. The van der Waals surface area contributed by atoms with Gasteiger partial charge >= 0.3 is 15.5 Å². The van der Waals surface area contributed by atoms with Crippen LogP contribution < -0.4 is 0 Å². The van der Waals surface area contributed by atoms with Crippen molar-refractivity contribution in [3.05, 3.63) is 24.8 Å². The number of rotatable bonds is 2. The molecular weight excluding hydrogens is 347 g/mol. The zero-order chi connectivity index (χ0) is 17.1. The predicted octanol–water partition coefficient (Wildman–Crippen LogP) is 2.01. The van der Waals surface area contributed by atoms with Gasteiger partial charge in [0.1, 0.15) is 11.2 Å². The van der Waals surface area contributed by atoms with Crippen LogP contribution in [0.2, 0.25) is 0 Å². The molecule has 3 aromatic heterocycles. The second-order valence-electron chi connectivity index (χ2n) is 5.64. The highest BCUT2D eigenvalue weighted by atomic mass is 32.2. The smallest absolute Gasteiger partial charge is 0.346 e. The highest BCUT2D eigenvalue weighted by molar-refractivity contribution is 7.90. The third kappa shape index (κ3) is 2.11. The topological polar surface area (TPSA) is 83.9 Å². The number of hydrogen-bond acceptors (Lipinski definition) is 4. The van der Waals surface area contributed by atoms with E-state index in [0.717, 1.165) is 10.9 Å². The molecule has 0 aliphatic carbocycles. The van der Waals surface area contributed by atoms with Crippen molar-refractivity contribution in [3.8, 4) is 0 Å². The first kappa shape index (κ1) is 15.4. The van der Waals surface area contributed by atoms with E-state index in [1.807, 2.05) is 6.07 Å². The molecule has 0 bridgehead atoms. The molecule has 128 valence electrons. The molecule has 0 spiro atoms. The third-order valence-electron chi connectivity index (χ3n) is 4.27. The average molecular weight is 359 g/mol. The molecule has 0 saturated carbocycles. The highest BCUT2D eigenvalue weighted by Gasteiger charge is 2.51. The summed E-state index contributed by atoms with van der Waals surface area (Å²) in [5.74, 6) is 0. The molecule has 1 aliphatic rings. The molecule has 4 rings (SSSR count). The SMILES string of the molecule is O=S(=O)(N1CCC(n2cnc3cnc4[nH]ccc4c32)C1)C(F)(F)F. The first-order valence-corrected chi connectivity index (χ1v) is 8.58. The number of pyridine rings is 1. The van der Waals surface area contributed by atoms with Crippen molar-refractivity contribution in [1.29, 1.82) is 0 Å². The number of H-pyrrole nitrogens is 1. The Bertz CT molecular complexity index is 1020. The molecule has 4 heterocycles. The number of imidazole rings is 1. The van der Waals surface area contributed by atoms with Gasteiger partial charge in [0.25, 0.3) is 0 Å². The first-order chi connectivity index (χ1) is 11.3. The van der Waals surface area contributed by atoms with E-state index in [0.29, 0.717) is 15.5 Å². The average Bonchev–Trinajstić information content (AvgIpc) is 3.23. The zero-order valence-electron chi connectivity index (χ0n) is 12.2. The van der Waals surface area contributed by atoms with Crippen LogP contribution in [0.4, 0.5) is 13.2 Å². The van der Waals surface area contributed by atoms with Gasteiger partial charge in [-0.25, -0.2) is 18.4 Å². The first-order valence-electron chi connectivity index (χ1n) is 7.14. The lowest BCUT2D eigenvalue weighted by Gasteiger charge is -2.18. The monoisotopic (exact) mass is 359 g/mol. The Morgan fingerprint density at radius 2 is 2.08 bits per heavy atom. The van der Waals surface area contributed by atoms with E-state index in [2.05, 4.69) is 15.0 Å². The number of nitrogens with zero attached hydrogens (tertiary/aromatic N) is 4. The Hall–Kier alpha value is -2.14. The normalized spacial score (nSPS) is 20.4. The summed E-state index contributed by atoms with van der Waals surface area (Å²) in [7, 11) is -5.30. The van der Waals surface area contributed by atoms with Crippen LogP contribution in [0.1, 0.15) is 12.5 Å². The fraction of sp³-hybridized carbons (Fsp3) is 0.385. The minimum absolute atomic E-state index is 0.173. The maximum Gasteiger partial charge on any atom is 0.511 e. The van der Waals surface area contributed by atoms with Crippen LogP contribution in [0.3, 0.4) is 0 Å². The molecule has 0 radical (unpaired) electrons. The summed E-state index contributed by atoms with van der Waals surface area (Å²) in [6.45, 7) is -0.408. The molecule has 11 heteroatoms. The van der Waals surface area contributed by atoms with Crippen LogP contribution >= 0.6 is 0 Å². The minimum Gasteiger partial charge on any atom is -0.346 e. The molecule has 7 nitrogen and oxygen atoms in total. The van der Waals surface area contributed by atoms with Gasteiger partial charge < -0.3 is 9.55 Å². The summed E-state index contributed by atoms with van der Waals surface area (Å²) < 4.78 is 63.5. The van der Waals surface area contributed by atoms with E-state index in [1.165, 1.54) is 6.33 Å². The van der Waals surface area contributed by atoms with Gasteiger partial charge in [-0.05, 0) is 12.5 Å². The number of alkyl halides is 3. The van der Waals surface area contributed by atoms with Crippen LogP contribution in [0, 0.1) is 0 Å². The quantitative estimate of drug-likeness (QED) is 0.759. The van der Waals surface area contributed by atoms with Crippen molar-refractivity contribution >= 4 is 32.1 Å². The predicted molar refractivity (Wildman–Crippen MR) is 79.6 cm³/mol. The number of sulfonamides is 1. The zero-order valence-corrected chi connectivity index (χ0v) is 13.0. The summed E-state index contributed by atoms with van der Waals surface area (Å²) in [6, 6.07) is 1.40. The van der Waals surface area contributed by atoms with Gasteiger partial charge in [0, 0.05) is 24.7 Å². The van der Waals surface area contributed by atoms with Crippen LogP contribution in [0.15, 0.2) is 24.8 Å². The van der Waals surface area contributed by atoms with E-state index in [-0.39, 0.29) is 19.5 Å². The van der Waals surface area contributed by atoms with Gasteiger partial charge in [0.2, 0.25) is 0 Å². The Morgan fingerprint density at radius 3 is 2.83 bits per heavy atom. The Kier molecular flexibility index (Phi) is 3.16. The van der Waals surface area contributed by atoms with Crippen molar-refractivity contribution in [2.45, 2.75) is 18.0 Å². The second-order valence-corrected chi connectivity index (χ2v) is 7.56. The lowest BCUT2D eigenvalue weighted by atomic mass is 10.2. The second kappa shape index (κ2) is 4.93. The van der Waals surface area contributed by atoms with Gasteiger partial charge in [-0.1, -0.05) is 0 Å². The van der Waals surface area contributed by atoms with Gasteiger partial charge in [-0.15, -0.1) is 0 Å². The fourth-order valence-electron chi connectivity index (χ4n) is 3.11. The molecule has 1 N–H and O–H groups in total. The lowest BCUT2D eigenvalue weighted by Crippen LogP contribution is -2.39. The van der Waals surface area contributed by atoms with Gasteiger partial charge in [-0.2, -0.15) is 17.5 Å². The van der Waals surface area contributed by atoms with E-state index >= 15 is 0 Å². The number of aromatic nitrogens is 4. The molecule has 0 aromatic carbocycles. The molecule has 1 unspecified atom stereocenters. The van der Waals surface area contributed by atoms with Crippen molar-refractivity contribution in [1.82, 2.24) is 23.8 Å². The summed E-state index contributed by atoms with van der Waals surface area (Å²) >= 11 is 0. The molecule has 3 aromatic rings. The number of halogens is 3. The molecule has 0 amide bonds.